The van der Waals surface area contributed by atoms with Crippen LogP contribution in [-0.2, 0) is 5.60 Å². The van der Waals surface area contributed by atoms with E-state index in [2.05, 4.69) is 87.6 Å². The highest BCUT2D eigenvalue weighted by atomic mass is 79.9. The van der Waals surface area contributed by atoms with Gasteiger partial charge in [-0.1, -0.05) is 82.7 Å². The molecule has 1 aromatic heterocycles. The predicted octanol–water partition coefficient (Wildman–Crippen LogP) is 8.05. The molecule has 6 rings (SSSR count). The molecule has 1 N–H and O–H groups in total. The Morgan fingerprint density at radius 3 is 2.40 bits per heavy atom. The summed E-state index contributed by atoms with van der Waals surface area (Å²) in [7, 11) is 1.67. The fourth-order valence-corrected chi connectivity index (χ4v) is 6.75. The number of aliphatic hydroxyl groups is 1. The first-order chi connectivity index (χ1) is 19.5. The molecular formula is C35H35BrN2O2. The third-order valence-corrected chi connectivity index (χ3v) is 8.86. The van der Waals surface area contributed by atoms with E-state index in [0.717, 1.165) is 68.9 Å². The highest BCUT2D eigenvalue weighted by Gasteiger charge is 2.42. The number of nitrogens with zero attached hydrogens (tertiary/aromatic N) is 2. The van der Waals surface area contributed by atoms with Gasteiger partial charge in [-0.15, -0.1) is 0 Å². The average Bonchev–Trinajstić information content (AvgIpc) is 3.51. The first kappa shape index (κ1) is 26.9. The van der Waals surface area contributed by atoms with E-state index in [1.807, 2.05) is 30.3 Å². The van der Waals surface area contributed by atoms with Crippen LogP contribution in [0.3, 0.4) is 0 Å². The van der Waals surface area contributed by atoms with Crippen LogP contribution in [0, 0.1) is 0 Å². The van der Waals surface area contributed by atoms with Gasteiger partial charge in [0.15, 0.2) is 0 Å². The zero-order valence-electron chi connectivity index (χ0n) is 22.9. The SMILES string of the molecule is COc1nc2ccc(Br)cc2cc1C(c1ccccc1)C(O)(CCCN1CCCC1)c1ccc2ccccc2c1. The number of ether oxygens (including phenoxy) is 1. The summed E-state index contributed by atoms with van der Waals surface area (Å²) in [5.74, 6) is 0.154. The lowest BCUT2D eigenvalue weighted by Gasteiger charge is -2.39. The van der Waals surface area contributed by atoms with Crippen molar-refractivity contribution in [2.24, 2.45) is 0 Å². The van der Waals surface area contributed by atoms with Gasteiger partial charge in [-0.05, 0) is 97.5 Å². The molecule has 2 atom stereocenters. The minimum absolute atomic E-state index is 0.390. The van der Waals surface area contributed by atoms with Crippen molar-refractivity contribution in [1.82, 2.24) is 9.88 Å². The summed E-state index contributed by atoms with van der Waals surface area (Å²) in [6.07, 6.45) is 4.02. The molecule has 40 heavy (non-hydrogen) atoms. The molecule has 2 unspecified atom stereocenters. The van der Waals surface area contributed by atoms with Crippen LogP contribution < -0.4 is 4.74 Å². The van der Waals surface area contributed by atoms with Crippen molar-refractivity contribution in [3.05, 3.63) is 118 Å². The lowest BCUT2D eigenvalue weighted by Crippen LogP contribution is -2.36. The van der Waals surface area contributed by atoms with E-state index in [1.165, 1.54) is 12.8 Å². The van der Waals surface area contributed by atoms with Gasteiger partial charge in [0.1, 0.15) is 5.60 Å². The second kappa shape index (κ2) is 11.7. The summed E-state index contributed by atoms with van der Waals surface area (Å²) >= 11 is 3.63. The largest absolute Gasteiger partial charge is 0.481 e. The number of fused-ring (bicyclic) bond motifs is 2. The van der Waals surface area contributed by atoms with Crippen LogP contribution in [0.25, 0.3) is 21.7 Å². The lowest BCUT2D eigenvalue weighted by atomic mass is 9.71. The molecule has 1 aliphatic heterocycles. The first-order valence-corrected chi connectivity index (χ1v) is 15.0. The molecule has 5 aromatic rings. The van der Waals surface area contributed by atoms with Gasteiger partial charge in [0, 0.05) is 21.3 Å². The van der Waals surface area contributed by atoms with Gasteiger partial charge in [0.2, 0.25) is 5.88 Å². The maximum absolute atomic E-state index is 13.1. The van der Waals surface area contributed by atoms with E-state index in [1.54, 1.807) is 7.11 Å². The molecule has 4 nitrogen and oxygen atoms in total. The van der Waals surface area contributed by atoms with Crippen LogP contribution in [0.5, 0.6) is 5.88 Å². The number of rotatable bonds is 9. The molecule has 0 spiro atoms. The fraction of sp³-hybridized carbons (Fsp3) is 0.286. The third kappa shape index (κ3) is 5.38. The molecule has 204 valence electrons. The van der Waals surface area contributed by atoms with E-state index >= 15 is 0 Å². The van der Waals surface area contributed by atoms with Crippen LogP contribution in [0.1, 0.15) is 48.3 Å². The number of hydrogen-bond acceptors (Lipinski definition) is 4. The molecule has 0 amide bonds. The highest BCUT2D eigenvalue weighted by Crippen LogP contribution is 2.48. The number of pyridine rings is 1. The molecule has 1 saturated heterocycles. The quantitative estimate of drug-likeness (QED) is 0.187. The van der Waals surface area contributed by atoms with Gasteiger partial charge in [-0.25, -0.2) is 4.98 Å². The Bertz CT molecular complexity index is 1620. The maximum Gasteiger partial charge on any atom is 0.217 e. The Hall–Kier alpha value is -3.25. The Kier molecular flexibility index (Phi) is 7.88. The monoisotopic (exact) mass is 594 g/mol. The minimum Gasteiger partial charge on any atom is -0.481 e. The molecule has 5 heteroatoms. The van der Waals surface area contributed by atoms with E-state index in [-0.39, 0.29) is 5.92 Å². The molecule has 0 bridgehead atoms. The van der Waals surface area contributed by atoms with E-state index in [4.69, 9.17) is 9.72 Å². The average molecular weight is 596 g/mol. The van der Waals surface area contributed by atoms with Crippen molar-refractivity contribution in [2.45, 2.75) is 37.2 Å². The zero-order chi connectivity index (χ0) is 27.5. The van der Waals surface area contributed by atoms with Gasteiger partial charge in [0.05, 0.1) is 12.6 Å². The molecule has 2 heterocycles. The minimum atomic E-state index is -1.19. The molecule has 4 aromatic carbocycles. The Balaban J connectivity index is 1.54. The Labute approximate surface area is 244 Å². The van der Waals surface area contributed by atoms with Gasteiger partial charge in [-0.2, -0.15) is 0 Å². The Morgan fingerprint density at radius 2 is 1.62 bits per heavy atom. The van der Waals surface area contributed by atoms with Gasteiger partial charge in [-0.3, -0.25) is 0 Å². The van der Waals surface area contributed by atoms with Gasteiger partial charge < -0.3 is 14.7 Å². The molecule has 0 aliphatic carbocycles. The summed E-state index contributed by atoms with van der Waals surface area (Å²) in [6, 6.07) is 33.3. The van der Waals surface area contributed by atoms with Crippen molar-refractivity contribution in [2.75, 3.05) is 26.7 Å². The van der Waals surface area contributed by atoms with Gasteiger partial charge in [0.25, 0.3) is 0 Å². The van der Waals surface area contributed by atoms with E-state index < -0.39 is 5.60 Å². The molecule has 1 fully saturated rings. The number of hydrogen-bond donors (Lipinski definition) is 1. The van der Waals surface area contributed by atoms with Crippen molar-refractivity contribution in [3.63, 3.8) is 0 Å². The number of methoxy groups -OCH3 is 1. The number of aromatic nitrogens is 1. The van der Waals surface area contributed by atoms with Gasteiger partial charge >= 0.3 is 0 Å². The second-order valence-electron chi connectivity index (χ2n) is 10.9. The smallest absolute Gasteiger partial charge is 0.217 e. The lowest BCUT2D eigenvalue weighted by molar-refractivity contribution is 0.00584. The summed E-state index contributed by atoms with van der Waals surface area (Å²) in [5.41, 5.74) is 2.50. The van der Waals surface area contributed by atoms with Crippen LogP contribution in [0.15, 0.2) is 102 Å². The highest BCUT2D eigenvalue weighted by molar-refractivity contribution is 9.10. The normalized spacial score (nSPS) is 16.3. The molecule has 0 radical (unpaired) electrons. The summed E-state index contributed by atoms with van der Waals surface area (Å²) < 4.78 is 6.92. The van der Waals surface area contributed by atoms with Crippen molar-refractivity contribution in [1.29, 1.82) is 0 Å². The second-order valence-corrected chi connectivity index (χ2v) is 11.8. The van der Waals surface area contributed by atoms with Crippen LogP contribution in [0.2, 0.25) is 0 Å². The predicted molar refractivity (Wildman–Crippen MR) is 167 cm³/mol. The van der Waals surface area contributed by atoms with Crippen molar-refractivity contribution < 1.29 is 9.84 Å². The number of halogens is 1. The Morgan fingerprint density at radius 1 is 0.875 bits per heavy atom. The third-order valence-electron chi connectivity index (χ3n) is 8.36. The van der Waals surface area contributed by atoms with Crippen LogP contribution >= 0.6 is 15.9 Å². The standard InChI is InChI=1S/C35H35BrN2O2/c1-40-34-31(24-28-23-30(36)16-17-32(28)37-34)33(26-11-3-2-4-12-26)35(39,18-9-21-38-19-7-8-20-38)29-15-14-25-10-5-6-13-27(25)22-29/h2-6,10-17,22-24,33,39H,7-9,18-21H2,1H3. The molecule has 1 aliphatic rings. The summed E-state index contributed by atoms with van der Waals surface area (Å²) in [4.78, 5) is 7.44. The first-order valence-electron chi connectivity index (χ1n) is 14.2. The van der Waals surface area contributed by atoms with Crippen molar-refractivity contribution in [3.8, 4) is 5.88 Å². The molecular weight excluding hydrogens is 560 g/mol. The summed E-state index contributed by atoms with van der Waals surface area (Å²) in [6.45, 7) is 3.28. The number of benzene rings is 4. The van der Waals surface area contributed by atoms with Crippen LogP contribution in [-0.4, -0.2) is 41.7 Å². The van der Waals surface area contributed by atoms with E-state index in [0.29, 0.717) is 12.3 Å². The van der Waals surface area contributed by atoms with E-state index in [9.17, 15) is 5.11 Å². The topological polar surface area (TPSA) is 45.6 Å². The zero-order valence-corrected chi connectivity index (χ0v) is 24.5. The van der Waals surface area contributed by atoms with Crippen LogP contribution in [0.4, 0.5) is 0 Å². The van der Waals surface area contributed by atoms with Crippen molar-refractivity contribution >= 4 is 37.6 Å². The fourth-order valence-electron chi connectivity index (χ4n) is 6.37. The number of likely N-dealkylation sites (tertiary alicyclic amines) is 1. The maximum atomic E-state index is 13.1. The summed E-state index contributed by atoms with van der Waals surface area (Å²) in [5, 5.41) is 16.4. The molecule has 0 saturated carbocycles.